The number of para-hydroxylation sites is 1. The van der Waals surface area contributed by atoms with Gasteiger partial charge >= 0.3 is 0 Å². The van der Waals surface area contributed by atoms with Gasteiger partial charge in [0.1, 0.15) is 5.75 Å². The van der Waals surface area contributed by atoms with Crippen LogP contribution in [0.5, 0.6) is 5.75 Å². The number of rotatable bonds is 7. The van der Waals surface area contributed by atoms with Crippen LogP contribution in [0.15, 0.2) is 81.9 Å². The Bertz CT molecular complexity index is 1090. The Kier molecular flexibility index (Phi) is 5.71. The quantitative estimate of drug-likeness (QED) is 0.440. The van der Waals surface area contributed by atoms with Crippen LogP contribution in [0.3, 0.4) is 0 Å². The minimum atomic E-state index is -0.351. The minimum absolute atomic E-state index is 0.170. The SMILES string of the molecule is O=C(COc1ccccc1)n1nc(-c2ccco2)nc1NCc1cccc(Br)c1. The lowest BCUT2D eigenvalue weighted by molar-refractivity contribution is 0.0824. The molecule has 0 aliphatic carbocycles. The van der Waals surface area contributed by atoms with Gasteiger partial charge in [-0.2, -0.15) is 9.67 Å². The molecule has 0 amide bonds. The van der Waals surface area contributed by atoms with E-state index < -0.39 is 0 Å². The van der Waals surface area contributed by atoms with Crippen molar-refractivity contribution in [2.45, 2.75) is 6.54 Å². The molecule has 2 heterocycles. The maximum absolute atomic E-state index is 12.7. The molecule has 2 aromatic carbocycles. The molecule has 146 valence electrons. The lowest BCUT2D eigenvalue weighted by Gasteiger charge is -2.08. The van der Waals surface area contributed by atoms with Crippen LogP contribution >= 0.6 is 15.9 Å². The lowest BCUT2D eigenvalue weighted by Crippen LogP contribution is -2.22. The summed E-state index contributed by atoms with van der Waals surface area (Å²) in [6, 6.07) is 20.5. The van der Waals surface area contributed by atoms with Gasteiger partial charge in [-0.1, -0.05) is 46.3 Å². The third-order valence-corrected chi connectivity index (χ3v) is 4.52. The second-order valence-corrected chi connectivity index (χ2v) is 7.04. The molecule has 29 heavy (non-hydrogen) atoms. The zero-order valence-electron chi connectivity index (χ0n) is 15.3. The van der Waals surface area contributed by atoms with Crippen molar-refractivity contribution >= 4 is 27.8 Å². The summed E-state index contributed by atoms with van der Waals surface area (Å²) in [5.74, 6) is 1.37. The third-order valence-electron chi connectivity index (χ3n) is 4.03. The molecule has 4 rings (SSSR count). The molecule has 0 saturated heterocycles. The number of benzene rings is 2. The van der Waals surface area contributed by atoms with Crippen LogP contribution in [0.25, 0.3) is 11.6 Å². The second kappa shape index (κ2) is 8.74. The van der Waals surface area contributed by atoms with Gasteiger partial charge in [0.25, 0.3) is 5.91 Å². The fraction of sp³-hybridized carbons (Fsp3) is 0.0952. The molecule has 0 atom stereocenters. The Morgan fingerprint density at radius 1 is 1.10 bits per heavy atom. The highest BCUT2D eigenvalue weighted by molar-refractivity contribution is 9.10. The van der Waals surface area contributed by atoms with Gasteiger partial charge in [0, 0.05) is 11.0 Å². The van der Waals surface area contributed by atoms with Crippen molar-refractivity contribution in [1.82, 2.24) is 14.8 Å². The fourth-order valence-electron chi connectivity index (χ4n) is 2.66. The molecular formula is C21H17BrN4O3. The van der Waals surface area contributed by atoms with Gasteiger partial charge in [0.05, 0.1) is 6.26 Å². The number of ether oxygens (including phenoxy) is 1. The van der Waals surface area contributed by atoms with Gasteiger partial charge in [-0.25, -0.2) is 0 Å². The molecular weight excluding hydrogens is 436 g/mol. The molecule has 0 spiro atoms. The topological polar surface area (TPSA) is 82.2 Å². The number of hydrogen-bond donors (Lipinski definition) is 1. The molecule has 7 nitrogen and oxygen atoms in total. The number of halogens is 1. The third kappa shape index (κ3) is 4.72. The van der Waals surface area contributed by atoms with Gasteiger partial charge in [-0.05, 0) is 42.0 Å². The number of nitrogens with one attached hydrogen (secondary N) is 1. The van der Waals surface area contributed by atoms with Crippen LogP contribution in [-0.2, 0) is 6.54 Å². The first-order valence-electron chi connectivity index (χ1n) is 8.89. The van der Waals surface area contributed by atoms with Crippen LogP contribution in [0.4, 0.5) is 5.95 Å². The molecule has 1 N–H and O–H groups in total. The standard InChI is InChI=1S/C21H17BrN4O3/c22-16-7-4-6-15(12-16)13-23-21-24-20(18-10-5-11-28-18)25-26(21)19(27)14-29-17-8-2-1-3-9-17/h1-12H,13-14H2,(H,23,24,25). The summed E-state index contributed by atoms with van der Waals surface area (Å²) in [6.45, 7) is 0.305. The van der Waals surface area contributed by atoms with Crippen LogP contribution in [0, 0.1) is 0 Å². The van der Waals surface area contributed by atoms with Crippen molar-refractivity contribution in [2.24, 2.45) is 0 Å². The largest absolute Gasteiger partial charge is 0.484 e. The summed E-state index contributed by atoms with van der Waals surface area (Å²) in [5, 5.41) is 7.47. The maximum Gasteiger partial charge on any atom is 0.287 e. The van der Waals surface area contributed by atoms with Crippen molar-refractivity contribution in [2.75, 3.05) is 11.9 Å². The van der Waals surface area contributed by atoms with Crippen molar-refractivity contribution in [3.8, 4) is 17.3 Å². The molecule has 0 aliphatic rings. The Morgan fingerprint density at radius 2 is 1.97 bits per heavy atom. The van der Waals surface area contributed by atoms with E-state index in [1.54, 1.807) is 24.3 Å². The summed E-state index contributed by atoms with van der Waals surface area (Å²) < 4.78 is 13.1. The van der Waals surface area contributed by atoms with E-state index in [2.05, 4.69) is 31.3 Å². The van der Waals surface area contributed by atoms with Gasteiger partial charge < -0.3 is 14.5 Å². The van der Waals surface area contributed by atoms with E-state index in [-0.39, 0.29) is 12.5 Å². The average Bonchev–Trinajstić information content (AvgIpc) is 3.41. The number of furan rings is 1. The smallest absolute Gasteiger partial charge is 0.287 e. The monoisotopic (exact) mass is 452 g/mol. The zero-order chi connectivity index (χ0) is 20.1. The average molecular weight is 453 g/mol. The highest BCUT2D eigenvalue weighted by Crippen LogP contribution is 2.20. The van der Waals surface area contributed by atoms with Crippen molar-refractivity contribution in [1.29, 1.82) is 0 Å². The number of hydrogen-bond acceptors (Lipinski definition) is 6. The van der Waals surface area contributed by atoms with E-state index in [1.165, 1.54) is 10.9 Å². The summed E-state index contributed by atoms with van der Waals surface area (Å²) >= 11 is 3.46. The predicted octanol–water partition coefficient (Wildman–Crippen LogP) is 4.63. The number of nitrogens with zero attached hydrogens (tertiary/aromatic N) is 3. The summed E-state index contributed by atoms with van der Waals surface area (Å²) in [4.78, 5) is 17.2. The van der Waals surface area contributed by atoms with Gasteiger partial charge in [0.15, 0.2) is 12.4 Å². The highest BCUT2D eigenvalue weighted by atomic mass is 79.9. The molecule has 0 saturated carbocycles. The summed E-state index contributed by atoms with van der Waals surface area (Å²) in [5.41, 5.74) is 1.03. The number of carbonyl (C=O) groups is 1. The van der Waals surface area contributed by atoms with Crippen LogP contribution in [0.1, 0.15) is 10.4 Å². The number of aromatic nitrogens is 3. The Labute approximate surface area is 175 Å². The van der Waals surface area contributed by atoms with E-state index in [4.69, 9.17) is 9.15 Å². The Morgan fingerprint density at radius 3 is 2.72 bits per heavy atom. The molecule has 0 bridgehead atoms. The molecule has 0 radical (unpaired) electrons. The second-order valence-electron chi connectivity index (χ2n) is 6.13. The van der Waals surface area contributed by atoms with Gasteiger partial charge in [-0.15, -0.1) is 5.10 Å². The molecule has 2 aromatic heterocycles. The van der Waals surface area contributed by atoms with Gasteiger partial charge in [0.2, 0.25) is 11.8 Å². The maximum atomic E-state index is 12.7. The van der Waals surface area contributed by atoms with Gasteiger partial charge in [-0.3, -0.25) is 4.79 Å². The molecule has 0 unspecified atom stereocenters. The van der Waals surface area contributed by atoms with E-state index in [0.29, 0.717) is 29.8 Å². The Hall–Kier alpha value is -3.39. The number of anilines is 1. The zero-order valence-corrected chi connectivity index (χ0v) is 16.9. The van der Waals surface area contributed by atoms with E-state index in [1.807, 2.05) is 42.5 Å². The first-order chi connectivity index (χ1) is 14.2. The molecule has 8 heteroatoms. The van der Waals surface area contributed by atoms with Crippen molar-refractivity contribution in [3.63, 3.8) is 0 Å². The van der Waals surface area contributed by atoms with Crippen LogP contribution < -0.4 is 10.1 Å². The van der Waals surface area contributed by atoms with Crippen molar-refractivity contribution < 1.29 is 13.9 Å². The first-order valence-corrected chi connectivity index (χ1v) is 9.68. The van der Waals surface area contributed by atoms with Crippen molar-refractivity contribution in [3.05, 3.63) is 83.0 Å². The van der Waals surface area contributed by atoms with Crippen LogP contribution in [0.2, 0.25) is 0 Å². The molecule has 0 fully saturated rings. The molecule has 4 aromatic rings. The van der Waals surface area contributed by atoms with E-state index in [9.17, 15) is 4.79 Å². The summed E-state index contributed by atoms with van der Waals surface area (Å²) in [6.07, 6.45) is 1.53. The lowest BCUT2D eigenvalue weighted by atomic mass is 10.2. The first kappa shape index (κ1) is 18.9. The van der Waals surface area contributed by atoms with E-state index in [0.717, 1.165) is 10.0 Å². The number of carbonyl (C=O) groups excluding carboxylic acids is 1. The highest BCUT2D eigenvalue weighted by Gasteiger charge is 2.19. The van der Waals surface area contributed by atoms with E-state index >= 15 is 0 Å². The minimum Gasteiger partial charge on any atom is -0.484 e. The van der Waals surface area contributed by atoms with Crippen LogP contribution in [-0.4, -0.2) is 27.3 Å². The normalized spacial score (nSPS) is 10.7. The molecule has 0 aliphatic heterocycles. The summed E-state index contributed by atoms with van der Waals surface area (Å²) in [7, 11) is 0. The fourth-order valence-corrected chi connectivity index (χ4v) is 3.11. The Balaban J connectivity index is 1.54. The predicted molar refractivity (Wildman–Crippen MR) is 112 cm³/mol.